The summed E-state index contributed by atoms with van der Waals surface area (Å²) in [5, 5.41) is 14.3. The number of benzene rings is 1. The number of tetrazole rings is 1. The number of hydrazine groups is 1. The molecule has 3 rings (SSSR count). The van der Waals surface area contributed by atoms with Crippen molar-refractivity contribution in [3.8, 4) is 0 Å². The van der Waals surface area contributed by atoms with Gasteiger partial charge in [0, 0.05) is 19.2 Å². The second-order valence-electron chi connectivity index (χ2n) is 5.57. The lowest BCUT2D eigenvalue weighted by Gasteiger charge is -2.12. The molecule has 0 spiro atoms. The molecule has 1 aromatic heterocycles. The van der Waals surface area contributed by atoms with Crippen LogP contribution in [0.1, 0.15) is 12.8 Å². The quantitative estimate of drug-likeness (QED) is 0.521. The standard InChI is InChI=1S/C14H16F2N8OS/c15-9-3-4-11(10(16)7-9)17-14(26)20-18-12(25)8-24-21-13(19-22-24)23-5-1-2-6-23/h3-4,7H,1-2,5-6,8H2,(H,18,25)(H2,17,20,26). The highest BCUT2D eigenvalue weighted by Crippen LogP contribution is 2.15. The van der Waals surface area contributed by atoms with Gasteiger partial charge in [0.05, 0.1) is 5.69 Å². The van der Waals surface area contributed by atoms with E-state index in [2.05, 4.69) is 31.6 Å². The zero-order valence-electron chi connectivity index (χ0n) is 13.6. The third kappa shape index (κ3) is 4.59. The van der Waals surface area contributed by atoms with Gasteiger partial charge in [0.2, 0.25) is 0 Å². The van der Waals surface area contributed by atoms with Crippen LogP contribution in [0.15, 0.2) is 18.2 Å². The minimum Gasteiger partial charge on any atom is -0.338 e. The van der Waals surface area contributed by atoms with E-state index in [1.807, 2.05) is 4.90 Å². The Bertz CT molecular complexity index is 808. The van der Waals surface area contributed by atoms with Crippen molar-refractivity contribution in [1.82, 2.24) is 31.1 Å². The first kappa shape index (κ1) is 17.9. The summed E-state index contributed by atoms with van der Waals surface area (Å²) < 4.78 is 26.4. The van der Waals surface area contributed by atoms with Crippen molar-refractivity contribution >= 4 is 34.9 Å². The minimum atomic E-state index is -0.804. The number of thiocarbonyl (C=S) groups is 1. The van der Waals surface area contributed by atoms with E-state index in [0.717, 1.165) is 38.1 Å². The Morgan fingerprint density at radius 3 is 2.73 bits per heavy atom. The maximum atomic E-state index is 13.5. The summed E-state index contributed by atoms with van der Waals surface area (Å²) in [5.74, 6) is -1.48. The Hall–Kier alpha value is -2.89. The molecular formula is C14H16F2N8OS. The van der Waals surface area contributed by atoms with Gasteiger partial charge in [0.15, 0.2) is 5.11 Å². The van der Waals surface area contributed by atoms with Gasteiger partial charge in [-0.1, -0.05) is 5.10 Å². The number of rotatable bonds is 4. The molecule has 9 nitrogen and oxygen atoms in total. The molecule has 0 bridgehead atoms. The topological polar surface area (TPSA) is 100 Å². The summed E-state index contributed by atoms with van der Waals surface area (Å²) in [4.78, 5) is 15.0. The number of anilines is 2. The third-order valence-electron chi connectivity index (χ3n) is 3.61. The lowest BCUT2D eigenvalue weighted by Crippen LogP contribution is -2.45. The number of hydrogen-bond donors (Lipinski definition) is 3. The smallest absolute Gasteiger partial charge is 0.266 e. The SMILES string of the molecule is O=C(Cn1nnc(N2CCCC2)n1)NNC(=S)Nc1ccc(F)cc1F. The third-order valence-corrected chi connectivity index (χ3v) is 3.82. The van der Waals surface area contributed by atoms with Gasteiger partial charge in [-0.2, -0.15) is 4.80 Å². The number of carbonyl (C=O) groups excluding carboxylic acids is 1. The van der Waals surface area contributed by atoms with Crippen LogP contribution in [-0.4, -0.2) is 44.3 Å². The summed E-state index contributed by atoms with van der Waals surface area (Å²) in [6.45, 7) is 1.58. The number of halogens is 2. The highest BCUT2D eigenvalue weighted by molar-refractivity contribution is 7.80. The van der Waals surface area contributed by atoms with Gasteiger partial charge < -0.3 is 10.2 Å². The highest BCUT2D eigenvalue weighted by Gasteiger charge is 2.17. The molecule has 1 fully saturated rings. The summed E-state index contributed by atoms with van der Waals surface area (Å²) >= 11 is 4.93. The van der Waals surface area contributed by atoms with E-state index in [-0.39, 0.29) is 17.3 Å². The summed E-state index contributed by atoms with van der Waals surface area (Å²) in [6.07, 6.45) is 2.16. The Kier molecular flexibility index (Phi) is 5.51. The number of aromatic nitrogens is 4. The van der Waals surface area contributed by atoms with Crippen LogP contribution in [0.5, 0.6) is 0 Å². The molecule has 1 aromatic carbocycles. The zero-order chi connectivity index (χ0) is 18.5. The van der Waals surface area contributed by atoms with Crippen molar-refractivity contribution in [3.05, 3.63) is 29.8 Å². The predicted molar refractivity (Wildman–Crippen MR) is 93.1 cm³/mol. The van der Waals surface area contributed by atoms with E-state index in [9.17, 15) is 13.6 Å². The average Bonchev–Trinajstić information content (AvgIpc) is 3.27. The van der Waals surface area contributed by atoms with Crippen LogP contribution in [0, 0.1) is 11.6 Å². The lowest BCUT2D eigenvalue weighted by molar-refractivity contribution is -0.122. The molecular weight excluding hydrogens is 366 g/mol. The van der Waals surface area contributed by atoms with Crippen LogP contribution in [0.25, 0.3) is 0 Å². The van der Waals surface area contributed by atoms with Crippen molar-refractivity contribution in [2.24, 2.45) is 0 Å². The van der Waals surface area contributed by atoms with Gasteiger partial charge in [-0.15, -0.1) is 5.10 Å². The molecule has 0 saturated carbocycles. The second kappa shape index (κ2) is 7.99. The van der Waals surface area contributed by atoms with Crippen LogP contribution < -0.4 is 21.1 Å². The first-order valence-corrected chi connectivity index (χ1v) is 8.26. The molecule has 3 N–H and O–H groups in total. The maximum Gasteiger partial charge on any atom is 0.266 e. The van der Waals surface area contributed by atoms with E-state index in [0.29, 0.717) is 5.95 Å². The lowest BCUT2D eigenvalue weighted by atomic mass is 10.3. The molecule has 1 amide bonds. The Morgan fingerprint density at radius 2 is 2.00 bits per heavy atom. The molecule has 1 aliphatic heterocycles. The Morgan fingerprint density at radius 1 is 1.23 bits per heavy atom. The Labute approximate surface area is 152 Å². The molecule has 0 aliphatic carbocycles. The number of hydrogen-bond acceptors (Lipinski definition) is 6. The van der Waals surface area contributed by atoms with E-state index in [1.54, 1.807) is 0 Å². The molecule has 2 heterocycles. The molecule has 0 atom stereocenters. The van der Waals surface area contributed by atoms with Crippen LogP contribution >= 0.6 is 12.2 Å². The van der Waals surface area contributed by atoms with Crippen molar-refractivity contribution in [2.75, 3.05) is 23.3 Å². The summed E-state index contributed by atoms with van der Waals surface area (Å²) in [5.41, 5.74) is 4.72. The molecule has 0 unspecified atom stereocenters. The monoisotopic (exact) mass is 382 g/mol. The summed E-state index contributed by atoms with van der Waals surface area (Å²) in [6, 6.07) is 3.00. The molecule has 1 saturated heterocycles. The number of nitrogens with one attached hydrogen (secondary N) is 3. The van der Waals surface area contributed by atoms with Crippen LogP contribution in [-0.2, 0) is 11.3 Å². The van der Waals surface area contributed by atoms with Crippen molar-refractivity contribution in [3.63, 3.8) is 0 Å². The van der Waals surface area contributed by atoms with E-state index >= 15 is 0 Å². The van der Waals surface area contributed by atoms with E-state index in [1.165, 1.54) is 10.9 Å². The van der Waals surface area contributed by atoms with Gasteiger partial charge >= 0.3 is 0 Å². The molecule has 1 aliphatic rings. The van der Waals surface area contributed by atoms with Crippen molar-refractivity contribution in [2.45, 2.75) is 19.4 Å². The first-order valence-electron chi connectivity index (χ1n) is 7.85. The van der Waals surface area contributed by atoms with Crippen LogP contribution in [0.2, 0.25) is 0 Å². The maximum absolute atomic E-state index is 13.5. The molecule has 12 heteroatoms. The van der Waals surface area contributed by atoms with E-state index in [4.69, 9.17) is 12.2 Å². The van der Waals surface area contributed by atoms with Crippen LogP contribution in [0.4, 0.5) is 20.4 Å². The largest absolute Gasteiger partial charge is 0.338 e. The number of nitrogens with zero attached hydrogens (tertiary/aromatic N) is 5. The fraction of sp³-hybridized carbons (Fsp3) is 0.357. The first-order chi connectivity index (χ1) is 12.5. The van der Waals surface area contributed by atoms with Gasteiger partial charge in [-0.25, -0.2) is 8.78 Å². The predicted octanol–water partition coefficient (Wildman–Crippen LogP) is 0.569. The Balaban J connectivity index is 1.45. The molecule has 0 radical (unpaired) electrons. The number of amides is 1. The normalized spacial score (nSPS) is 13.5. The minimum absolute atomic E-state index is 0.0219. The second-order valence-corrected chi connectivity index (χ2v) is 5.97. The fourth-order valence-electron chi connectivity index (χ4n) is 2.38. The fourth-order valence-corrected chi connectivity index (χ4v) is 2.55. The molecule has 138 valence electrons. The van der Waals surface area contributed by atoms with Gasteiger partial charge in [-0.05, 0) is 42.4 Å². The highest BCUT2D eigenvalue weighted by atomic mass is 32.1. The summed E-state index contributed by atoms with van der Waals surface area (Å²) in [7, 11) is 0. The van der Waals surface area contributed by atoms with Gasteiger partial charge in [-0.3, -0.25) is 15.6 Å². The number of carbonyl (C=O) groups is 1. The van der Waals surface area contributed by atoms with Crippen molar-refractivity contribution in [1.29, 1.82) is 0 Å². The zero-order valence-corrected chi connectivity index (χ0v) is 14.4. The van der Waals surface area contributed by atoms with E-state index < -0.39 is 17.5 Å². The molecule has 2 aromatic rings. The van der Waals surface area contributed by atoms with Crippen LogP contribution in [0.3, 0.4) is 0 Å². The van der Waals surface area contributed by atoms with Gasteiger partial charge in [0.25, 0.3) is 11.9 Å². The molecule has 26 heavy (non-hydrogen) atoms. The average molecular weight is 382 g/mol. The van der Waals surface area contributed by atoms with Gasteiger partial charge in [0.1, 0.15) is 18.2 Å². The van der Waals surface area contributed by atoms with Crippen molar-refractivity contribution < 1.29 is 13.6 Å².